The summed E-state index contributed by atoms with van der Waals surface area (Å²) in [5.41, 5.74) is 6.54. The van der Waals surface area contributed by atoms with Crippen LogP contribution in [0.1, 0.15) is 30.5 Å². The smallest absolute Gasteiger partial charge is 0.409 e. The number of alkyl halides is 3. The van der Waals surface area contributed by atoms with Crippen LogP contribution in [0.15, 0.2) is 58.6 Å². The minimum Gasteiger partial charge on any atom is -0.409 e. The van der Waals surface area contributed by atoms with Crippen molar-refractivity contribution in [3.05, 3.63) is 75.7 Å². The lowest BCUT2D eigenvalue weighted by Crippen LogP contribution is -2.35. The van der Waals surface area contributed by atoms with Gasteiger partial charge in [0, 0.05) is 29.4 Å². The highest BCUT2D eigenvalue weighted by Gasteiger charge is 2.31. The number of nitrogen functional groups attached to an aromatic ring is 1. The first-order valence-electron chi connectivity index (χ1n) is 11.3. The number of nitrogens with one attached hydrogen (secondary N) is 3. The van der Waals surface area contributed by atoms with Crippen molar-refractivity contribution < 1.29 is 28.4 Å². The van der Waals surface area contributed by atoms with Crippen LogP contribution in [0.5, 0.6) is 0 Å². The molecule has 1 heterocycles. The van der Waals surface area contributed by atoms with E-state index >= 15 is 0 Å². The molecule has 0 aliphatic rings. The minimum atomic E-state index is -4.67. The average Bonchev–Trinajstić information content (AvgIpc) is 2.85. The summed E-state index contributed by atoms with van der Waals surface area (Å²) in [6.07, 6.45) is -3.46. The number of amidine groups is 1. The van der Waals surface area contributed by atoms with E-state index in [1.54, 1.807) is 31.5 Å². The highest BCUT2D eigenvalue weighted by molar-refractivity contribution is 5.97. The molecule has 38 heavy (non-hydrogen) atoms. The number of amides is 1. The molecule has 0 fully saturated rings. The van der Waals surface area contributed by atoms with Crippen molar-refractivity contribution in [2.45, 2.75) is 39.2 Å². The van der Waals surface area contributed by atoms with E-state index in [1.165, 1.54) is 24.4 Å². The lowest BCUT2D eigenvalue weighted by atomic mass is 10.1. The molecule has 0 radical (unpaired) electrons. The van der Waals surface area contributed by atoms with Gasteiger partial charge < -0.3 is 21.6 Å². The maximum absolute atomic E-state index is 13.4. The molecule has 0 atom stereocenters. The number of rotatable bonds is 8. The third-order valence-corrected chi connectivity index (χ3v) is 5.28. The number of halogens is 3. The molecule has 1 amide bonds. The van der Waals surface area contributed by atoms with Crippen LogP contribution in [0.2, 0.25) is 0 Å². The highest BCUT2D eigenvalue weighted by Crippen LogP contribution is 2.34. The summed E-state index contributed by atoms with van der Waals surface area (Å²) in [6, 6.07) is 8.99. The molecule has 11 nitrogen and oxygen atoms in total. The molecule has 0 aliphatic heterocycles. The molecule has 1 aromatic heterocycles. The average molecular weight is 534 g/mol. The van der Waals surface area contributed by atoms with Gasteiger partial charge in [-0.15, -0.1) is 0 Å². The largest absolute Gasteiger partial charge is 0.416 e. The molecular weight excluding hydrogens is 507 g/mol. The van der Waals surface area contributed by atoms with Gasteiger partial charge in [-0.3, -0.25) is 19.4 Å². The molecule has 0 saturated carbocycles. The zero-order valence-corrected chi connectivity index (χ0v) is 20.4. The van der Waals surface area contributed by atoms with Gasteiger partial charge in [0.2, 0.25) is 5.91 Å². The Hall–Kier alpha value is -4.59. The fraction of sp³-hybridized carbons (Fsp3) is 0.250. The van der Waals surface area contributed by atoms with E-state index in [0.717, 1.165) is 16.7 Å². The molecule has 0 saturated heterocycles. The van der Waals surface area contributed by atoms with Crippen LogP contribution >= 0.6 is 0 Å². The van der Waals surface area contributed by atoms with E-state index in [9.17, 15) is 22.8 Å². The Bertz CT molecular complexity index is 1390. The Morgan fingerprint density at radius 2 is 1.87 bits per heavy atom. The van der Waals surface area contributed by atoms with Gasteiger partial charge in [-0.1, -0.05) is 29.4 Å². The molecule has 0 unspecified atom stereocenters. The van der Waals surface area contributed by atoms with Crippen LogP contribution in [-0.2, 0) is 24.1 Å². The van der Waals surface area contributed by atoms with Crippen molar-refractivity contribution in [3.8, 4) is 11.3 Å². The van der Waals surface area contributed by atoms with Gasteiger partial charge in [-0.05, 0) is 37.6 Å². The summed E-state index contributed by atoms with van der Waals surface area (Å²) in [5.74, 6) is -0.828. The van der Waals surface area contributed by atoms with Crippen LogP contribution < -0.4 is 27.4 Å². The predicted molar refractivity (Wildman–Crippen MR) is 134 cm³/mol. The molecular formula is C24H26F3N7O4. The normalized spacial score (nSPS) is 11.9. The zero-order valence-electron chi connectivity index (χ0n) is 20.4. The van der Waals surface area contributed by atoms with Crippen molar-refractivity contribution in [1.29, 1.82) is 0 Å². The number of aromatic nitrogens is 2. The predicted octanol–water partition coefficient (Wildman–Crippen LogP) is 2.76. The second-order valence-corrected chi connectivity index (χ2v) is 8.56. The van der Waals surface area contributed by atoms with E-state index in [0.29, 0.717) is 11.1 Å². The lowest BCUT2D eigenvalue weighted by molar-refractivity contribution is -0.137. The summed E-state index contributed by atoms with van der Waals surface area (Å²) in [5, 5.41) is 26.2. The number of carbonyl (C=O) groups excluding carboxylic acids is 1. The van der Waals surface area contributed by atoms with Crippen molar-refractivity contribution in [2.24, 2.45) is 5.16 Å². The molecule has 14 heteroatoms. The maximum Gasteiger partial charge on any atom is 0.416 e. The van der Waals surface area contributed by atoms with Gasteiger partial charge in [0.05, 0.1) is 17.5 Å². The van der Waals surface area contributed by atoms with Gasteiger partial charge in [0.15, 0.2) is 11.7 Å². The Morgan fingerprint density at radius 1 is 1.18 bits per heavy atom. The van der Waals surface area contributed by atoms with E-state index in [1.807, 2.05) is 0 Å². The number of carbonyl (C=O) groups is 1. The number of benzene rings is 2. The molecule has 3 rings (SSSR count). The Labute approximate surface area is 214 Å². The van der Waals surface area contributed by atoms with Crippen LogP contribution in [-0.4, -0.2) is 37.8 Å². The number of hydroxylamine groups is 1. The SMILES string of the molecule is CC(C)Nc1ncc(-c2cc(N)cc(C(F)(F)F)c2)n(CC(=O)NCc2ccc(/C(=N\O)NO)cc2)c1=O. The number of hydrogen-bond acceptors (Lipinski definition) is 8. The van der Waals surface area contributed by atoms with Crippen LogP contribution in [0, 0.1) is 0 Å². The standard InChI is InChI=1S/C24H26F3N7O4/c1-13(2)31-22-23(36)34(19(11-30-22)16-7-17(24(25,26)27)9-18(28)8-16)12-20(35)29-10-14-3-5-15(6-4-14)21(32-37)33-38/h3-9,11,13,37-38H,10,12,28H2,1-2H3,(H,29,35)(H,30,31)(H,32,33). The van der Waals surface area contributed by atoms with Crippen LogP contribution in [0.4, 0.5) is 24.7 Å². The molecule has 0 aliphatic carbocycles. The third-order valence-electron chi connectivity index (χ3n) is 5.28. The van der Waals surface area contributed by atoms with Gasteiger partial charge in [0.25, 0.3) is 5.56 Å². The molecule has 0 spiro atoms. The summed E-state index contributed by atoms with van der Waals surface area (Å²) in [7, 11) is 0. The van der Waals surface area contributed by atoms with Crippen molar-refractivity contribution >= 4 is 23.2 Å². The van der Waals surface area contributed by atoms with Gasteiger partial charge >= 0.3 is 6.18 Å². The van der Waals surface area contributed by atoms with Crippen LogP contribution in [0.3, 0.4) is 0 Å². The second-order valence-electron chi connectivity index (χ2n) is 8.56. The van der Waals surface area contributed by atoms with Gasteiger partial charge in [0.1, 0.15) is 6.54 Å². The maximum atomic E-state index is 13.4. The third kappa shape index (κ3) is 6.79. The van der Waals surface area contributed by atoms with Gasteiger partial charge in [-0.25, -0.2) is 10.5 Å². The zero-order chi connectivity index (χ0) is 28.0. The van der Waals surface area contributed by atoms with Gasteiger partial charge in [-0.2, -0.15) is 13.2 Å². The van der Waals surface area contributed by atoms with Crippen LogP contribution in [0.25, 0.3) is 11.3 Å². The summed E-state index contributed by atoms with van der Waals surface area (Å²) in [6.45, 7) is 3.10. The number of nitrogens with two attached hydrogens (primary N) is 1. The summed E-state index contributed by atoms with van der Waals surface area (Å²) < 4.78 is 41.2. The van der Waals surface area contributed by atoms with Crippen molar-refractivity contribution in [1.82, 2.24) is 20.3 Å². The molecule has 2 aromatic carbocycles. The fourth-order valence-electron chi connectivity index (χ4n) is 3.54. The Morgan fingerprint density at radius 3 is 2.45 bits per heavy atom. The number of nitrogens with zero attached hydrogens (tertiary/aromatic N) is 3. The van der Waals surface area contributed by atoms with E-state index in [2.05, 4.69) is 20.8 Å². The first kappa shape index (κ1) is 28.0. The lowest BCUT2D eigenvalue weighted by Gasteiger charge is -2.17. The summed E-state index contributed by atoms with van der Waals surface area (Å²) in [4.78, 5) is 30.0. The topological polar surface area (TPSA) is 167 Å². The Kier molecular flexibility index (Phi) is 8.57. The molecule has 7 N–H and O–H groups in total. The number of hydrogen-bond donors (Lipinski definition) is 6. The Balaban J connectivity index is 1.91. The van der Waals surface area contributed by atoms with E-state index in [4.69, 9.17) is 16.1 Å². The van der Waals surface area contributed by atoms with Crippen molar-refractivity contribution in [2.75, 3.05) is 11.1 Å². The number of anilines is 2. The number of oxime groups is 1. The first-order valence-corrected chi connectivity index (χ1v) is 11.3. The molecule has 202 valence electrons. The minimum absolute atomic E-state index is 0.0195. The second kappa shape index (κ2) is 11.6. The summed E-state index contributed by atoms with van der Waals surface area (Å²) >= 11 is 0. The van der Waals surface area contributed by atoms with Crippen molar-refractivity contribution in [3.63, 3.8) is 0 Å². The van der Waals surface area contributed by atoms with E-state index in [-0.39, 0.29) is 41.2 Å². The fourth-order valence-corrected chi connectivity index (χ4v) is 3.54. The monoisotopic (exact) mass is 533 g/mol. The highest BCUT2D eigenvalue weighted by atomic mass is 19.4. The molecule has 0 bridgehead atoms. The van der Waals surface area contributed by atoms with E-state index < -0.39 is 29.8 Å². The quantitative estimate of drug-likeness (QED) is 0.0845. The molecule has 3 aromatic rings. The first-order chi connectivity index (χ1) is 17.9.